The summed E-state index contributed by atoms with van der Waals surface area (Å²) in [5.41, 5.74) is 5.55. The van der Waals surface area contributed by atoms with Crippen LogP contribution in [-0.2, 0) is 5.54 Å². The second-order valence-electron chi connectivity index (χ2n) is 3.80. The molecule has 3 N–H and O–H groups in total. The smallest absolute Gasteiger partial charge is 0.405 e. The molecule has 0 atom stereocenters. The summed E-state index contributed by atoms with van der Waals surface area (Å²) in [6.45, 7) is 0.899. The standard InChI is InChI=1S/C10H11F3N2O/c11-10(12,13)16-8-4-2-1-3-7(8)9(14)5-15-6-9/h1-4,15H,5-6,14H2. The largest absolute Gasteiger partial charge is 0.573 e. The Balaban J connectivity index is 2.31. The van der Waals surface area contributed by atoms with E-state index in [9.17, 15) is 13.2 Å². The quantitative estimate of drug-likeness (QED) is 0.809. The minimum Gasteiger partial charge on any atom is -0.405 e. The lowest BCUT2D eigenvalue weighted by molar-refractivity contribution is -0.275. The molecule has 3 nitrogen and oxygen atoms in total. The van der Waals surface area contributed by atoms with Gasteiger partial charge in [0.25, 0.3) is 0 Å². The molecule has 0 aromatic heterocycles. The van der Waals surface area contributed by atoms with E-state index >= 15 is 0 Å². The topological polar surface area (TPSA) is 47.3 Å². The lowest BCUT2D eigenvalue weighted by Gasteiger charge is -2.40. The van der Waals surface area contributed by atoms with E-state index in [4.69, 9.17) is 5.73 Å². The number of ether oxygens (including phenoxy) is 1. The van der Waals surface area contributed by atoms with Crippen molar-refractivity contribution in [3.63, 3.8) is 0 Å². The fourth-order valence-electron chi connectivity index (χ4n) is 1.68. The molecule has 1 fully saturated rings. The summed E-state index contributed by atoms with van der Waals surface area (Å²) < 4.78 is 40.4. The molecule has 0 aliphatic carbocycles. The van der Waals surface area contributed by atoms with Crippen molar-refractivity contribution in [1.82, 2.24) is 5.32 Å². The number of hydrogen-bond donors (Lipinski definition) is 2. The molecule has 1 aliphatic rings. The van der Waals surface area contributed by atoms with Gasteiger partial charge in [0.1, 0.15) is 5.75 Å². The van der Waals surface area contributed by atoms with Gasteiger partial charge in [-0.2, -0.15) is 0 Å². The second-order valence-corrected chi connectivity index (χ2v) is 3.80. The molecule has 0 spiro atoms. The Labute approximate surface area is 90.4 Å². The van der Waals surface area contributed by atoms with Crippen LogP contribution in [0.1, 0.15) is 5.56 Å². The summed E-state index contributed by atoms with van der Waals surface area (Å²) >= 11 is 0. The van der Waals surface area contributed by atoms with Gasteiger partial charge in [0.05, 0.1) is 5.54 Å². The maximum absolute atomic E-state index is 12.2. The average Bonchev–Trinajstić information content (AvgIpc) is 2.12. The van der Waals surface area contributed by atoms with Gasteiger partial charge in [-0.15, -0.1) is 13.2 Å². The van der Waals surface area contributed by atoms with Crippen LogP contribution in [-0.4, -0.2) is 19.5 Å². The van der Waals surface area contributed by atoms with Gasteiger partial charge in [0.15, 0.2) is 0 Å². The number of halogens is 3. The molecule has 1 heterocycles. The van der Waals surface area contributed by atoms with Crippen molar-refractivity contribution in [3.8, 4) is 5.75 Å². The Kier molecular flexibility index (Phi) is 2.55. The summed E-state index contributed by atoms with van der Waals surface area (Å²) in [4.78, 5) is 0. The monoisotopic (exact) mass is 232 g/mol. The van der Waals surface area contributed by atoms with E-state index in [1.54, 1.807) is 12.1 Å². The number of para-hydroxylation sites is 1. The Hall–Kier alpha value is -1.27. The molecule has 0 unspecified atom stereocenters. The highest BCUT2D eigenvalue weighted by Crippen LogP contribution is 2.33. The molecule has 1 saturated heterocycles. The van der Waals surface area contributed by atoms with E-state index in [1.807, 2.05) is 0 Å². The Morgan fingerprint density at radius 1 is 1.25 bits per heavy atom. The van der Waals surface area contributed by atoms with Crippen LogP contribution in [0.2, 0.25) is 0 Å². The van der Waals surface area contributed by atoms with Crippen LogP contribution in [0.3, 0.4) is 0 Å². The fraction of sp³-hybridized carbons (Fsp3) is 0.400. The van der Waals surface area contributed by atoms with Crippen molar-refractivity contribution in [1.29, 1.82) is 0 Å². The van der Waals surface area contributed by atoms with Gasteiger partial charge >= 0.3 is 6.36 Å². The summed E-state index contributed by atoms with van der Waals surface area (Å²) in [5.74, 6) is -0.223. The maximum atomic E-state index is 12.2. The highest BCUT2D eigenvalue weighted by molar-refractivity contribution is 5.41. The van der Waals surface area contributed by atoms with Gasteiger partial charge in [0.2, 0.25) is 0 Å². The molecule has 0 bridgehead atoms. The molecule has 0 saturated carbocycles. The van der Waals surface area contributed by atoms with Gasteiger partial charge in [-0.1, -0.05) is 18.2 Å². The number of alkyl halides is 3. The highest BCUT2D eigenvalue weighted by atomic mass is 19.4. The fourth-order valence-corrected chi connectivity index (χ4v) is 1.68. The predicted octanol–water partition coefficient (Wildman–Crippen LogP) is 1.34. The van der Waals surface area contributed by atoms with Crippen LogP contribution in [0, 0.1) is 0 Å². The van der Waals surface area contributed by atoms with Gasteiger partial charge < -0.3 is 15.8 Å². The summed E-state index contributed by atoms with van der Waals surface area (Å²) in [6.07, 6.45) is -4.69. The molecule has 1 aromatic rings. The Morgan fingerprint density at radius 2 is 1.88 bits per heavy atom. The zero-order valence-corrected chi connectivity index (χ0v) is 8.34. The first-order valence-electron chi connectivity index (χ1n) is 4.76. The lowest BCUT2D eigenvalue weighted by Crippen LogP contribution is -2.62. The lowest BCUT2D eigenvalue weighted by atomic mass is 9.85. The first kappa shape index (κ1) is 11.2. The van der Waals surface area contributed by atoms with E-state index in [0.717, 1.165) is 0 Å². The number of benzene rings is 1. The molecular weight excluding hydrogens is 221 g/mol. The van der Waals surface area contributed by atoms with Crippen molar-refractivity contribution in [2.45, 2.75) is 11.9 Å². The van der Waals surface area contributed by atoms with E-state index in [-0.39, 0.29) is 5.75 Å². The van der Waals surface area contributed by atoms with Crippen molar-refractivity contribution in [2.75, 3.05) is 13.1 Å². The third-order valence-corrected chi connectivity index (χ3v) is 2.53. The van der Waals surface area contributed by atoms with Crippen LogP contribution >= 0.6 is 0 Å². The van der Waals surface area contributed by atoms with Crippen molar-refractivity contribution >= 4 is 0 Å². The molecule has 88 valence electrons. The Bertz CT molecular complexity index is 388. The number of nitrogens with one attached hydrogen (secondary N) is 1. The van der Waals surface area contributed by atoms with Crippen molar-refractivity contribution in [2.24, 2.45) is 5.73 Å². The van der Waals surface area contributed by atoms with E-state index in [2.05, 4.69) is 10.1 Å². The summed E-state index contributed by atoms with van der Waals surface area (Å²) in [7, 11) is 0. The molecule has 16 heavy (non-hydrogen) atoms. The van der Waals surface area contributed by atoms with Crippen LogP contribution in [0.25, 0.3) is 0 Å². The predicted molar refractivity (Wildman–Crippen MR) is 51.9 cm³/mol. The Morgan fingerprint density at radius 3 is 2.38 bits per heavy atom. The third kappa shape index (κ3) is 2.12. The SMILES string of the molecule is NC1(c2ccccc2OC(F)(F)F)CNC1. The third-order valence-electron chi connectivity index (χ3n) is 2.53. The molecule has 0 amide bonds. The number of hydrogen-bond acceptors (Lipinski definition) is 3. The molecule has 1 aromatic carbocycles. The molecule has 0 radical (unpaired) electrons. The van der Waals surface area contributed by atoms with Gasteiger partial charge in [-0.05, 0) is 6.07 Å². The second kappa shape index (κ2) is 3.64. The zero-order valence-electron chi connectivity index (χ0n) is 8.34. The highest BCUT2D eigenvalue weighted by Gasteiger charge is 2.39. The minimum absolute atomic E-state index is 0.223. The van der Waals surface area contributed by atoms with E-state index in [0.29, 0.717) is 18.7 Å². The summed E-state index contributed by atoms with van der Waals surface area (Å²) in [6, 6.07) is 5.96. The molecule has 1 aliphatic heterocycles. The van der Waals surface area contributed by atoms with E-state index < -0.39 is 11.9 Å². The zero-order chi connectivity index (χ0) is 11.8. The minimum atomic E-state index is -4.69. The van der Waals surface area contributed by atoms with Gasteiger partial charge in [-0.3, -0.25) is 0 Å². The van der Waals surface area contributed by atoms with Crippen LogP contribution in [0.15, 0.2) is 24.3 Å². The first-order chi connectivity index (χ1) is 7.41. The number of rotatable bonds is 2. The summed E-state index contributed by atoms with van der Waals surface area (Å²) in [5, 5.41) is 2.93. The van der Waals surface area contributed by atoms with Crippen molar-refractivity contribution < 1.29 is 17.9 Å². The van der Waals surface area contributed by atoms with Crippen LogP contribution in [0.5, 0.6) is 5.75 Å². The van der Waals surface area contributed by atoms with Gasteiger partial charge in [-0.25, -0.2) is 0 Å². The molecular formula is C10H11F3N2O. The van der Waals surface area contributed by atoms with Gasteiger partial charge in [0, 0.05) is 18.7 Å². The van der Waals surface area contributed by atoms with Crippen molar-refractivity contribution in [3.05, 3.63) is 29.8 Å². The molecule has 6 heteroatoms. The molecule has 2 rings (SSSR count). The number of nitrogens with two attached hydrogens (primary N) is 1. The average molecular weight is 232 g/mol. The first-order valence-corrected chi connectivity index (χ1v) is 4.76. The maximum Gasteiger partial charge on any atom is 0.573 e. The van der Waals surface area contributed by atoms with Crippen LogP contribution in [0.4, 0.5) is 13.2 Å². The van der Waals surface area contributed by atoms with E-state index in [1.165, 1.54) is 12.1 Å². The van der Waals surface area contributed by atoms with Crippen LogP contribution < -0.4 is 15.8 Å². The normalized spacial score (nSPS) is 19.0.